The summed E-state index contributed by atoms with van der Waals surface area (Å²) < 4.78 is 25.4. The SMILES string of the molecule is Cc1cc(N2CCCS2(=O)=O)ccc1C(=O)N1CCCC1. The third-order valence-corrected chi connectivity index (χ3v) is 6.09. The Kier molecular flexibility index (Phi) is 3.65. The molecular formula is C15H20N2O3S. The minimum Gasteiger partial charge on any atom is -0.339 e. The van der Waals surface area contributed by atoms with Crippen LogP contribution in [0.5, 0.6) is 0 Å². The summed E-state index contributed by atoms with van der Waals surface area (Å²) in [5.41, 5.74) is 2.19. The van der Waals surface area contributed by atoms with E-state index in [1.807, 2.05) is 17.9 Å². The fourth-order valence-corrected chi connectivity index (χ4v) is 4.62. The summed E-state index contributed by atoms with van der Waals surface area (Å²) in [5, 5.41) is 0. The van der Waals surface area contributed by atoms with Crippen molar-refractivity contribution in [2.45, 2.75) is 26.2 Å². The number of rotatable bonds is 2. The van der Waals surface area contributed by atoms with Crippen molar-refractivity contribution in [3.05, 3.63) is 29.3 Å². The predicted octanol–water partition coefficient (Wildman–Crippen LogP) is 1.77. The average Bonchev–Trinajstić information content (AvgIpc) is 3.07. The number of likely N-dealkylation sites (tertiary alicyclic amines) is 1. The van der Waals surface area contributed by atoms with Crippen molar-refractivity contribution in [2.24, 2.45) is 0 Å². The molecule has 0 N–H and O–H groups in total. The van der Waals surface area contributed by atoms with Crippen molar-refractivity contribution in [1.82, 2.24) is 4.90 Å². The van der Waals surface area contributed by atoms with Gasteiger partial charge in [0.2, 0.25) is 10.0 Å². The zero-order valence-electron chi connectivity index (χ0n) is 12.2. The van der Waals surface area contributed by atoms with Gasteiger partial charge in [0.15, 0.2) is 0 Å². The molecule has 21 heavy (non-hydrogen) atoms. The molecule has 0 spiro atoms. The first-order valence-electron chi connectivity index (χ1n) is 7.39. The number of sulfonamides is 1. The molecule has 2 heterocycles. The van der Waals surface area contributed by atoms with Crippen molar-refractivity contribution in [2.75, 3.05) is 29.7 Å². The molecule has 3 rings (SSSR count). The minimum absolute atomic E-state index is 0.0563. The molecule has 0 atom stereocenters. The van der Waals surface area contributed by atoms with Crippen LogP contribution in [0.25, 0.3) is 0 Å². The van der Waals surface area contributed by atoms with Gasteiger partial charge in [-0.25, -0.2) is 8.42 Å². The van der Waals surface area contributed by atoms with E-state index in [4.69, 9.17) is 0 Å². The van der Waals surface area contributed by atoms with Gasteiger partial charge in [0.05, 0.1) is 11.4 Å². The molecule has 2 saturated heterocycles. The molecule has 0 radical (unpaired) electrons. The van der Waals surface area contributed by atoms with E-state index < -0.39 is 10.0 Å². The van der Waals surface area contributed by atoms with Crippen LogP contribution in [0.1, 0.15) is 35.2 Å². The highest BCUT2D eigenvalue weighted by atomic mass is 32.2. The zero-order valence-corrected chi connectivity index (χ0v) is 13.0. The van der Waals surface area contributed by atoms with Gasteiger partial charge in [-0.15, -0.1) is 0 Å². The molecule has 0 aromatic heterocycles. The molecule has 2 fully saturated rings. The molecule has 2 aliphatic heterocycles. The van der Waals surface area contributed by atoms with Crippen molar-refractivity contribution in [3.63, 3.8) is 0 Å². The van der Waals surface area contributed by atoms with Crippen molar-refractivity contribution >= 4 is 21.6 Å². The van der Waals surface area contributed by atoms with E-state index >= 15 is 0 Å². The Balaban J connectivity index is 1.88. The lowest BCUT2D eigenvalue weighted by atomic mass is 10.1. The second-order valence-corrected chi connectivity index (χ2v) is 7.75. The second kappa shape index (κ2) is 5.33. The molecule has 0 saturated carbocycles. The van der Waals surface area contributed by atoms with Gasteiger partial charge in [-0.2, -0.15) is 0 Å². The molecule has 0 aliphatic carbocycles. The smallest absolute Gasteiger partial charge is 0.254 e. The van der Waals surface area contributed by atoms with E-state index in [9.17, 15) is 13.2 Å². The number of aryl methyl sites for hydroxylation is 1. The third kappa shape index (κ3) is 2.64. The van der Waals surface area contributed by atoms with Crippen LogP contribution < -0.4 is 4.31 Å². The minimum atomic E-state index is -3.17. The number of hydrogen-bond donors (Lipinski definition) is 0. The molecule has 1 aromatic rings. The summed E-state index contributed by atoms with van der Waals surface area (Å²) in [4.78, 5) is 14.3. The van der Waals surface area contributed by atoms with Crippen LogP contribution in [0.3, 0.4) is 0 Å². The van der Waals surface area contributed by atoms with Gasteiger partial charge in [0.1, 0.15) is 0 Å². The number of anilines is 1. The maximum Gasteiger partial charge on any atom is 0.254 e. The Morgan fingerprint density at radius 2 is 1.81 bits per heavy atom. The van der Waals surface area contributed by atoms with Gasteiger partial charge in [-0.1, -0.05) is 0 Å². The fourth-order valence-electron chi connectivity index (χ4n) is 3.06. The van der Waals surface area contributed by atoms with E-state index in [0.29, 0.717) is 24.2 Å². The standard InChI is InChI=1S/C15H20N2O3S/c1-12-11-13(17-9-4-10-21(17,19)20)5-6-14(12)15(18)16-7-2-3-8-16/h5-6,11H,2-4,7-10H2,1H3. The number of carbonyl (C=O) groups excluding carboxylic acids is 1. The topological polar surface area (TPSA) is 57.7 Å². The summed E-state index contributed by atoms with van der Waals surface area (Å²) in [6.45, 7) is 4.04. The number of nitrogens with zero attached hydrogens (tertiary/aromatic N) is 2. The maximum absolute atomic E-state index is 12.4. The maximum atomic E-state index is 12.4. The summed E-state index contributed by atoms with van der Waals surface area (Å²) in [6, 6.07) is 5.32. The number of carbonyl (C=O) groups is 1. The third-order valence-electron chi connectivity index (χ3n) is 4.22. The molecule has 1 aromatic carbocycles. The summed E-state index contributed by atoms with van der Waals surface area (Å²) in [6.07, 6.45) is 2.79. The van der Waals surface area contributed by atoms with Crippen LogP contribution in [0.15, 0.2) is 18.2 Å². The highest BCUT2D eigenvalue weighted by Crippen LogP contribution is 2.27. The van der Waals surface area contributed by atoms with E-state index in [2.05, 4.69) is 0 Å². The Morgan fingerprint density at radius 1 is 1.10 bits per heavy atom. The van der Waals surface area contributed by atoms with E-state index in [0.717, 1.165) is 31.5 Å². The van der Waals surface area contributed by atoms with Gasteiger partial charge < -0.3 is 4.90 Å². The lowest BCUT2D eigenvalue weighted by Gasteiger charge is -2.20. The zero-order chi connectivity index (χ0) is 15.0. The largest absolute Gasteiger partial charge is 0.339 e. The van der Waals surface area contributed by atoms with Crippen LogP contribution >= 0.6 is 0 Å². The molecule has 114 valence electrons. The van der Waals surface area contributed by atoms with Gasteiger partial charge >= 0.3 is 0 Å². The van der Waals surface area contributed by atoms with Crippen LogP contribution in [-0.4, -0.2) is 44.6 Å². The fraction of sp³-hybridized carbons (Fsp3) is 0.533. The van der Waals surface area contributed by atoms with Crippen molar-refractivity contribution in [1.29, 1.82) is 0 Å². The lowest BCUT2D eigenvalue weighted by molar-refractivity contribution is 0.0792. The van der Waals surface area contributed by atoms with E-state index in [-0.39, 0.29) is 11.7 Å². The van der Waals surface area contributed by atoms with Crippen LogP contribution in [0.4, 0.5) is 5.69 Å². The van der Waals surface area contributed by atoms with Crippen molar-refractivity contribution in [3.8, 4) is 0 Å². The Hall–Kier alpha value is -1.56. The Labute approximate surface area is 125 Å². The Morgan fingerprint density at radius 3 is 2.38 bits per heavy atom. The monoisotopic (exact) mass is 308 g/mol. The summed E-state index contributed by atoms with van der Waals surface area (Å²) >= 11 is 0. The van der Waals surface area contributed by atoms with Gasteiger partial charge in [-0.05, 0) is 49.9 Å². The molecule has 0 unspecified atom stereocenters. The first-order chi connectivity index (χ1) is 9.99. The first-order valence-corrected chi connectivity index (χ1v) is 9.00. The number of hydrogen-bond acceptors (Lipinski definition) is 3. The second-order valence-electron chi connectivity index (χ2n) is 5.74. The highest BCUT2D eigenvalue weighted by Gasteiger charge is 2.29. The van der Waals surface area contributed by atoms with Crippen LogP contribution in [0.2, 0.25) is 0 Å². The molecule has 2 aliphatic rings. The molecular weight excluding hydrogens is 288 g/mol. The van der Waals surface area contributed by atoms with Crippen molar-refractivity contribution < 1.29 is 13.2 Å². The molecule has 6 heteroatoms. The highest BCUT2D eigenvalue weighted by molar-refractivity contribution is 7.93. The lowest BCUT2D eigenvalue weighted by Crippen LogP contribution is -2.29. The number of benzene rings is 1. The van der Waals surface area contributed by atoms with Gasteiger partial charge in [0, 0.05) is 25.2 Å². The summed E-state index contributed by atoms with van der Waals surface area (Å²) in [5.74, 6) is 0.265. The molecule has 0 bridgehead atoms. The van der Waals surface area contributed by atoms with Crippen LogP contribution in [-0.2, 0) is 10.0 Å². The van der Waals surface area contributed by atoms with Crippen LogP contribution in [0, 0.1) is 6.92 Å². The Bertz CT molecular complexity index is 663. The quantitative estimate of drug-likeness (QED) is 0.836. The number of amides is 1. The van der Waals surface area contributed by atoms with Gasteiger partial charge in [0.25, 0.3) is 5.91 Å². The summed E-state index contributed by atoms with van der Waals surface area (Å²) in [7, 11) is -3.17. The van der Waals surface area contributed by atoms with E-state index in [1.165, 1.54) is 4.31 Å². The first kappa shape index (κ1) is 14.4. The predicted molar refractivity (Wildman–Crippen MR) is 82.1 cm³/mol. The van der Waals surface area contributed by atoms with Gasteiger partial charge in [-0.3, -0.25) is 9.10 Å². The molecule has 1 amide bonds. The average molecular weight is 308 g/mol. The normalized spacial score (nSPS) is 21.0. The van der Waals surface area contributed by atoms with E-state index in [1.54, 1.807) is 12.1 Å². The molecule has 5 nitrogen and oxygen atoms in total.